The van der Waals surface area contributed by atoms with Gasteiger partial charge < -0.3 is 27.5 Å². The molecular formula is C16H34O6Si. The van der Waals surface area contributed by atoms with Crippen LogP contribution in [0.4, 0.5) is 0 Å². The van der Waals surface area contributed by atoms with Crippen molar-refractivity contribution in [2.24, 2.45) is 0 Å². The average molecular weight is 351 g/mol. The highest BCUT2D eigenvalue weighted by atomic mass is 28.4. The zero-order valence-corrected chi connectivity index (χ0v) is 16.7. The highest BCUT2D eigenvalue weighted by Gasteiger charge is 2.51. The van der Waals surface area contributed by atoms with E-state index in [9.17, 15) is 0 Å². The topological polar surface area (TPSA) is 55.4 Å². The van der Waals surface area contributed by atoms with Crippen LogP contribution < -0.4 is 0 Å². The van der Waals surface area contributed by atoms with Gasteiger partial charge in [0, 0.05) is 34.0 Å². The van der Waals surface area contributed by atoms with Crippen LogP contribution in [0.3, 0.4) is 0 Å². The van der Waals surface area contributed by atoms with Gasteiger partial charge >= 0.3 is 14.8 Å². The van der Waals surface area contributed by atoms with Gasteiger partial charge in [-0.15, -0.1) is 0 Å². The van der Waals surface area contributed by atoms with Crippen LogP contribution >= 0.6 is 0 Å². The molecular weight excluding hydrogens is 316 g/mol. The van der Waals surface area contributed by atoms with Crippen molar-refractivity contribution in [3.05, 3.63) is 11.8 Å². The van der Waals surface area contributed by atoms with Gasteiger partial charge in [0.1, 0.15) is 6.10 Å². The number of allylic oxidation sites excluding steroid dienone is 1. The highest BCUT2D eigenvalue weighted by Crippen LogP contribution is 2.28. The lowest BCUT2D eigenvalue weighted by molar-refractivity contribution is -0.377. The largest absolute Gasteiger partial charge is 0.533 e. The van der Waals surface area contributed by atoms with E-state index in [4.69, 9.17) is 27.5 Å². The van der Waals surface area contributed by atoms with Crippen LogP contribution in [0.25, 0.3) is 0 Å². The molecule has 0 radical (unpaired) electrons. The van der Waals surface area contributed by atoms with Gasteiger partial charge in [-0.1, -0.05) is 19.9 Å². The highest BCUT2D eigenvalue weighted by molar-refractivity contribution is 6.66. The van der Waals surface area contributed by atoms with E-state index in [1.54, 1.807) is 0 Å². The van der Waals surface area contributed by atoms with E-state index in [0.29, 0.717) is 19.8 Å². The Morgan fingerprint density at radius 1 is 1.00 bits per heavy atom. The fourth-order valence-electron chi connectivity index (χ4n) is 2.07. The van der Waals surface area contributed by atoms with Crippen molar-refractivity contribution < 1.29 is 27.5 Å². The minimum absolute atomic E-state index is 0.449. The Bertz CT molecular complexity index is 322. The average Bonchev–Trinajstić information content (AvgIpc) is 2.56. The minimum atomic E-state index is -3.12. The third kappa shape index (κ3) is 7.00. The van der Waals surface area contributed by atoms with E-state index in [2.05, 4.69) is 0 Å². The molecule has 0 aliphatic heterocycles. The zero-order chi connectivity index (χ0) is 17.8. The molecule has 0 saturated heterocycles. The molecule has 0 aromatic heterocycles. The fourth-order valence-corrected chi connectivity index (χ4v) is 4.68. The molecule has 2 unspecified atom stereocenters. The van der Waals surface area contributed by atoms with Crippen molar-refractivity contribution in [1.82, 2.24) is 0 Å². The molecule has 0 aromatic rings. The molecule has 23 heavy (non-hydrogen) atoms. The van der Waals surface area contributed by atoms with Gasteiger partial charge in [-0.2, -0.15) is 0 Å². The molecule has 0 bridgehead atoms. The van der Waals surface area contributed by atoms with Gasteiger partial charge in [0.05, 0.1) is 0 Å². The molecule has 138 valence electrons. The standard InChI is InChI=1S/C16H34O6Si/c1-8-12-14-23(20-11-4,21-13-9-2)22-16(17-6,18-7)15(5)19-10-3/h12,14-15H,8-11,13H2,1-7H3. The molecule has 0 aliphatic rings. The number of methoxy groups -OCH3 is 2. The van der Waals surface area contributed by atoms with Gasteiger partial charge in [0.2, 0.25) is 0 Å². The second-order valence-electron chi connectivity index (χ2n) is 4.91. The second-order valence-corrected chi connectivity index (χ2v) is 7.23. The van der Waals surface area contributed by atoms with Crippen LogP contribution in [0.15, 0.2) is 11.8 Å². The summed E-state index contributed by atoms with van der Waals surface area (Å²) in [4.78, 5) is 0. The summed E-state index contributed by atoms with van der Waals surface area (Å²) in [5.74, 6) is -1.39. The van der Waals surface area contributed by atoms with Crippen molar-refractivity contribution in [2.45, 2.75) is 59.5 Å². The lowest BCUT2D eigenvalue weighted by Gasteiger charge is -2.40. The molecule has 0 spiro atoms. The smallest absolute Gasteiger partial charge is 0.371 e. The summed E-state index contributed by atoms with van der Waals surface area (Å²) in [6, 6.07) is 0. The van der Waals surface area contributed by atoms with Crippen LogP contribution in [0, 0.1) is 0 Å². The summed E-state index contributed by atoms with van der Waals surface area (Å²) in [7, 11) is -0.0746. The first kappa shape index (κ1) is 22.7. The minimum Gasteiger partial charge on any atom is -0.371 e. The number of hydrogen-bond donors (Lipinski definition) is 0. The van der Waals surface area contributed by atoms with E-state index in [1.165, 1.54) is 14.2 Å². The molecule has 2 atom stereocenters. The first-order chi connectivity index (χ1) is 11.0. The van der Waals surface area contributed by atoms with Crippen molar-refractivity contribution in [3.63, 3.8) is 0 Å². The Morgan fingerprint density at radius 2 is 1.65 bits per heavy atom. The van der Waals surface area contributed by atoms with Gasteiger partial charge in [-0.05, 0) is 39.3 Å². The maximum absolute atomic E-state index is 6.22. The molecule has 7 heteroatoms. The molecule has 0 heterocycles. The molecule has 0 amide bonds. The zero-order valence-electron chi connectivity index (χ0n) is 15.7. The summed E-state index contributed by atoms with van der Waals surface area (Å²) >= 11 is 0. The monoisotopic (exact) mass is 350 g/mol. The summed E-state index contributed by atoms with van der Waals surface area (Å²) in [6.07, 6.45) is 3.25. The third-order valence-corrected chi connectivity index (χ3v) is 5.69. The third-order valence-electron chi connectivity index (χ3n) is 3.18. The molecule has 0 saturated carbocycles. The molecule has 6 nitrogen and oxygen atoms in total. The van der Waals surface area contributed by atoms with E-state index >= 15 is 0 Å². The normalized spacial score (nSPS) is 16.7. The van der Waals surface area contributed by atoms with E-state index in [-0.39, 0.29) is 0 Å². The van der Waals surface area contributed by atoms with Crippen molar-refractivity contribution >= 4 is 8.80 Å². The SMILES string of the molecule is CCC=C[Si](OCC)(OCCC)OC(OC)(OC)C(C)OCC. The van der Waals surface area contributed by atoms with Crippen LogP contribution in [-0.4, -0.2) is 54.9 Å². The Balaban J connectivity index is 5.58. The van der Waals surface area contributed by atoms with Gasteiger partial charge in [0.15, 0.2) is 0 Å². The summed E-state index contributed by atoms with van der Waals surface area (Å²) < 4.78 is 34.8. The van der Waals surface area contributed by atoms with Crippen LogP contribution in [0.1, 0.15) is 47.5 Å². The molecule has 0 aromatic carbocycles. The molecule has 0 fully saturated rings. The number of rotatable bonds is 14. The van der Waals surface area contributed by atoms with Crippen LogP contribution in [0.2, 0.25) is 0 Å². The van der Waals surface area contributed by atoms with Crippen LogP contribution in [-0.2, 0) is 27.5 Å². The van der Waals surface area contributed by atoms with Crippen molar-refractivity contribution in [2.75, 3.05) is 34.0 Å². The van der Waals surface area contributed by atoms with E-state index in [0.717, 1.165) is 12.8 Å². The van der Waals surface area contributed by atoms with E-state index in [1.807, 2.05) is 46.4 Å². The Kier molecular flexibility index (Phi) is 12.0. The molecule has 0 N–H and O–H groups in total. The van der Waals surface area contributed by atoms with E-state index < -0.39 is 20.9 Å². The second kappa shape index (κ2) is 12.1. The molecule has 0 rings (SSSR count). The Morgan fingerprint density at radius 3 is 2.09 bits per heavy atom. The Hall–Kier alpha value is -0.283. The predicted octanol–water partition coefficient (Wildman–Crippen LogP) is 3.28. The first-order valence-electron chi connectivity index (χ1n) is 8.37. The maximum Gasteiger partial charge on any atom is 0.533 e. The van der Waals surface area contributed by atoms with Crippen molar-refractivity contribution in [1.29, 1.82) is 0 Å². The Labute approximate surface area is 142 Å². The van der Waals surface area contributed by atoms with Crippen molar-refractivity contribution in [3.8, 4) is 0 Å². The number of ether oxygens (including phenoxy) is 3. The first-order valence-corrected chi connectivity index (χ1v) is 10.2. The van der Waals surface area contributed by atoms with Crippen LogP contribution in [0.5, 0.6) is 0 Å². The van der Waals surface area contributed by atoms with Gasteiger partial charge in [-0.25, -0.2) is 0 Å². The van der Waals surface area contributed by atoms with Gasteiger partial charge in [0.25, 0.3) is 0 Å². The predicted molar refractivity (Wildman–Crippen MR) is 92.0 cm³/mol. The summed E-state index contributed by atoms with van der Waals surface area (Å²) in [5.41, 5.74) is 1.89. The lowest BCUT2D eigenvalue weighted by atomic mass is 10.3. The number of hydrogen-bond acceptors (Lipinski definition) is 6. The molecule has 0 aliphatic carbocycles. The lowest BCUT2D eigenvalue weighted by Crippen LogP contribution is -2.59. The maximum atomic E-state index is 6.22. The quantitative estimate of drug-likeness (QED) is 0.354. The fraction of sp³-hybridized carbons (Fsp3) is 0.875. The van der Waals surface area contributed by atoms with Gasteiger partial charge in [-0.3, -0.25) is 0 Å². The summed E-state index contributed by atoms with van der Waals surface area (Å²) in [5, 5.41) is 0. The summed E-state index contributed by atoms with van der Waals surface area (Å²) in [6.45, 7) is 11.3.